The summed E-state index contributed by atoms with van der Waals surface area (Å²) < 4.78 is -0.341. The summed E-state index contributed by atoms with van der Waals surface area (Å²) in [5, 5.41) is 2.65. The quantitative estimate of drug-likeness (QED) is 0.623. The van der Waals surface area contributed by atoms with E-state index in [0.717, 1.165) is 0 Å². The molecule has 1 amide bonds. The van der Waals surface area contributed by atoms with E-state index in [1.807, 2.05) is 20.8 Å². The van der Waals surface area contributed by atoms with Gasteiger partial charge >= 0.3 is 0 Å². The van der Waals surface area contributed by atoms with Crippen LogP contribution in [0.25, 0.3) is 0 Å². The number of carbonyl (C=O) groups excluding carboxylic acids is 2. The van der Waals surface area contributed by atoms with Gasteiger partial charge in [0.15, 0.2) is 0 Å². The van der Waals surface area contributed by atoms with Crippen LogP contribution in [0.4, 0.5) is 0 Å². The third kappa shape index (κ3) is 3.05. The summed E-state index contributed by atoms with van der Waals surface area (Å²) in [6, 6.07) is 0. The predicted octanol–water partition coefficient (Wildman–Crippen LogP) is 1.98. The lowest BCUT2D eigenvalue weighted by Crippen LogP contribution is -2.45. The largest absolute Gasteiger partial charge is 0.345 e. The highest BCUT2D eigenvalue weighted by Crippen LogP contribution is 2.56. The standard InChI is InChI=1S/C9H13Br2NO2/c1-8(2,3)12-7(14)6(13)5-4-9(5,10)11/h5H,4H2,1-3H3,(H,12,14). The van der Waals surface area contributed by atoms with Crippen LogP contribution in [-0.2, 0) is 9.59 Å². The molecule has 1 atom stereocenters. The van der Waals surface area contributed by atoms with Crippen molar-refractivity contribution in [2.75, 3.05) is 0 Å². The molecular weight excluding hydrogens is 314 g/mol. The Labute approximate surface area is 100 Å². The Balaban J connectivity index is 2.52. The maximum absolute atomic E-state index is 11.5. The minimum absolute atomic E-state index is 0.232. The summed E-state index contributed by atoms with van der Waals surface area (Å²) in [4.78, 5) is 23.0. The molecule has 0 heterocycles. The third-order valence-electron chi connectivity index (χ3n) is 1.85. The molecule has 1 fully saturated rings. The third-order valence-corrected chi connectivity index (χ3v) is 3.61. The zero-order valence-corrected chi connectivity index (χ0v) is 11.5. The van der Waals surface area contributed by atoms with E-state index in [1.165, 1.54) is 0 Å². The van der Waals surface area contributed by atoms with Crippen molar-refractivity contribution in [3.63, 3.8) is 0 Å². The van der Waals surface area contributed by atoms with E-state index >= 15 is 0 Å². The van der Waals surface area contributed by atoms with E-state index in [9.17, 15) is 9.59 Å². The molecule has 1 N–H and O–H groups in total. The topological polar surface area (TPSA) is 46.2 Å². The predicted molar refractivity (Wildman–Crippen MR) is 61.6 cm³/mol. The second-order valence-corrected chi connectivity index (χ2v) is 8.48. The molecule has 1 aliphatic rings. The molecule has 0 saturated heterocycles. The van der Waals surface area contributed by atoms with Gasteiger partial charge in [-0.15, -0.1) is 0 Å². The first kappa shape index (κ1) is 12.2. The van der Waals surface area contributed by atoms with Gasteiger partial charge in [0.1, 0.15) is 0 Å². The van der Waals surface area contributed by atoms with Crippen molar-refractivity contribution < 1.29 is 9.59 Å². The number of Topliss-reactive ketones (excluding diaryl/α,β-unsaturated/α-hetero) is 1. The molecule has 0 aromatic rings. The van der Waals surface area contributed by atoms with Gasteiger partial charge in [-0.25, -0.2) is 0 Å². The van der Waals surface area contributed by atoms with Crippen LogP contribution < -0.4 is 5.32 Å². The molecule has 1 aliphatic carbocycles. The first-order chi connectivity index (χ1) is 6.13. The van der Waals surface area contributed by atoms with Gasteiger partial charge in [0, 0.05) is 5.54 Å². The number of rotatable bonds is 2. The van der Waals surface area contributed by atoms with Crippen LogP contribution in [0, 0.1) is 5.92 Å². The molecule has 0 aromatic heterocycles. The average Bonchev–Trinajstić information content (AvgIpc) is 2.54. The highest BCUT2D eigenvalue weighted by Gasteiger charge is 2.56. The molecule has 1 rings (SSSR count). The number of nitrogens with one attached hydrogen (secondary N) is 1. The number of halogens is 2. The number of ketones is 1. The Hall–Kier alpha value is 0.1000. The molecule has 14 heavy (non-hydrogen) atoms. The van der Waals surface area contributed by atoms with E-state index < -0.39 is 5.91 Å². The van der Waals surface area contributed by atoms with Gasteiger partial charge in [-0.2, -0.15) is 0 Å². The highest BCUT2D eigenvalue weighted by molar-refractivity contribution is 9.25. The number of alkyl halides is 2. The molecule has 3 nitrogen and oxygen atoms in total. The fraction of sp³-hybridized carbons (Fsp3) is 0.778. The summed E-state index contributed by atoms with van der Waals surface area (Å²) in [6.45, 7) is 5.54. The van der Waals surface area contributed by atoms with Crippen LogP contribution in [0.1, 0.15) is 27.2 Å². The molecule has 0 spiro atoms. The van der Waals surface area contributed by atoms with Crippen molar-refractivity contribution in [3.05, 3.63) is 0 Å². The lowest BCUT2D eigenvalue weighted by Gasteiger charge is -2.19. The van der Waals surface area contributed by atoms with Crippen molar-refractivity contribution in [2.45, 2.75) is 36.0 Å². The molecular formula is C9H13Br2NO2. The van der Waals surface area contributed by atoms with E-state index in [2.05, 4.69) is 37.2 Å². The Bertz CT molecular complexity index is 281. The summed E-state index contributed by atoms with van der Waals surface area (Å²) in [5.74, 6) is -1.08. The van der Waals surface area contributed by atoms with Gasteiger partial charge in [-0.1, -0.05) is 31.9 Å². The molecule has 0 bridgehead atoms. The van der Waals surface area contributed by atoms with Gasteiger partial charge in [-0.3, -0.25) is 9.59 Å². The number of carbonyl (C=O) groups is 2. The number of hydrogen-bond acceptors (Lipinski definition) is 2. The Morgan fingerprint density at radius 1 is 1.36 bits per heavy atom. The van der Waals surface area contributed by atoms with Crippen LogP contribution in [0.15, 0.2) is 0 Å². The fourth-order valence-electron chi connectivity index (χ4n) is 1.06. The normalized spacial score (nSPS) is 24.2. The molecule has 0 aromatic carbocycles. The van der Waals surface area contributed by atoms with Crippen molar-refractivity contribution in [1.29, 1.82) is 0 Å². The smallest absolute Gasteiger partial charge is 0.288 e. The summed E-state index contributed by atoms with van der Waals surface area (Å²) >= 11 is 6.63. The Kier molecular flexibility index (Phi) is 3.12. The van der Waals surface area contributed by atoms with Gasteiger partial charge in [0.05, 0.1) is 9.15 Å². The SMILES string of the molecule is CC(C)(C)NC(=O)C(=O)C1CC1(Br)Br. The average molecular weight is 327 g/mol. The maximum atomic E-state index is 11.5. The summed E-state index contributed by atoms with van der Waals surface area (Å²) in [7, 11) is 0. The van der Waals surface area contributed by atoms with Crippen molar-refractivity contribution in [3.8, 4) is 0 Å². The Morgan fingerprint density at radius 2 is 1.79 bits per heavy atom. The molecule has 1 unspecified atom stereocenters. The van der Waals surface area contributed by atoms with Gasteiger partial charge in [0.25, 0.3) is 5.91 Å². The second-order valence-electron chi connectivity index (χ2n) is 4.59. The van der Waals surface area contributed by atoms with Crippen molar-refractivity contribution in [2.24, 2.45) is 5.92 Å². The molecule has 0 aliphatic heterocycles. The lowest BCUT2D eigenvalue weighted by molar-refractivity contribution is -0.139. The zero-order chi connectivity index (χ0) is 11.1. The minimum atomic E-state index is -0.497. The van der Waals surface area contributed by atoms with Crippen LogP contribution in [0.3, 0.4) is 0 Å². The number of amides is 1. The minimum Gasteiger partial charge on any atom is -0.345 e. The van der Waals surface area contributed by atoms with E-state index in [-0.39, 0.29) is 20.5 Å². The van der Waals surface area contributed by atoms with Crippen LogP contribution in [-0.4, -0.2) is 20.5 Å². The fourth-order valence-corrected chi connectivity index (χ4v) is 2.12. The molecule has 5 heteroatoms. The van der Waals surface area contributed by atoms with Crippen molar-refractivity contribution in [1.82, 2.24) is 5.32 Å². The maximum Gasteiger partial charge on any atom is 0.288 e. The monoisotopic (exact) mass is 325 g/mol. The number of hydrogen-bond donors (Lipinski definition) is 1. The first-order valence-corrected chi connectivity index (χ1v) is 5.96. The molecule has 80 valence electrons. The van der Waals surface area contributed by atoms with E-state index in [0.29, 0.717) is 6.42 Å². The Morgan fingerprint density at radius 3 is 2.07 bits per heavy atom. The van der Waals surface area contributed by atoms with Crippen LogP contribution in [0.2, 0.25) is 0 Å². The van der Waals surface area contributed by atoms with Crippen LogP contribution in [0.5, 0.6) is 0 Å². The van der Waals surface area contributed by atoms with Gasteiger partial charge < -0.3 is 5.32 Å². The zero-order valence-electron chi connectivity index (χ0n) is 8.36. The molecule has 0 radical (unpaired) electrons. The van der Waals surface area contributed by atoms with Crippen LogP contribution >= 0.6 is 31.9 Å². The first-order valence-electron chi connectivity index (χ1n) is 4.38. The summed E-state index contributed by atoms with van der Waals surface area (Å²) in [5.41, 5.74) is -0.358. The van der Waals surface area contributed by atoms with Crippen molar-refractivity contribution >= 4 is 43.6 Å². The second kappa shape index (κ2) is 3.59. The van der Waals surface area contributed by atoms with Gasteiger partial charge in [-0.05, 0) is 27.2 Å². The summed E-state index contributed by atoms with van der Waals surface area (Å²) in [6.07, 6.45) is 0.670. The highest BCUT2D eigenvalue weighted by atomic mass is 79.9. The van der Waals surface area contributed by atoms with E-state index in [1.54, 1.807) is 0 Å². The molecule has 1 saturated carbocycles. The van der Waals surface area contributed by atoms with E-state index in [4.69, 9.17) is 0 Å². The van der Waals surface area contributed by atoms with Gasteiger partial charge in [0.2, 0.25) is 5.78 Å². The lowest BCUT2D eigenvalue weighted by atomic mass is 10.1.